The van der Waals surface area contributed by atoms with Gasteiger partial charge < -0.3 is 19.7 Å². The molecule has 0 saturated carbocycles. The van der Waals surface area contributed by atoms with E-state index in [9.17, 15) is 29.4 Å². The Morgan fingerprint density at radius 2 is 2.00 bits per heavy atom. The molecule has 2 saturated heterocycles. The summed E-state index contributed by atoms with van der Waals surface area (Å²) >= 11 is 0. The Bertz CT molecular complexity index is 852. The molecule has 3 atom stereocenters. The van der Waals surface area contributed by atoms with E-state index in [0.29, 0.717) is 0 Å². The van der Waals surface area contributed by atoms with Crippen molar-refractivity contribution in [2.75, 3.05) is 20.3 Å². The molecule has 1 aromatic rings. The van der Waals surface area contributed by atoms with E-state index in [1.807, 2.05) is 5.32 Å². The van der Waals surface area contributed by atoms with Gasteiger partial charge in [-0.3, -0.25) is 24.6 Å². The molecule has 0 radical (unpaired) electrons. The molecule has 28 heavy (non-hydrogen) atoms. The second-order valence-electron chi connectivity index (χ2n) is 6.19. The Balaban J connectivity index is 1.98. The highest BCUT2D eigenvalue weighted by Crippen LogP contribution is 2.47. The molecule has 0 bridgehead atoms. The number of carboxylic acids is 1. The zero-order valence-corrected chi connectivity index (χ0v) is 14.8. The summed E-state index contributed by atoms with van der Waals surface area (Å²) in [6, 6.07) is 7.71. The van der Waals surface area contributed by atoms with Crippen molar-refractivity contribution in [2.45, 2.75) is 11.8 Å². The number of β-lactam (4-membered cyclic amide) rings is 1. The molecule has 3 rings (SSSR count). The van der Waals surface area contributed by atoms with Crippen molar-refractivity contribution in [1.82, 2.24) is 10.2 Å². The highest BCUT2D eigenvalue weighted by molar-refractivity contribution is 6.19. The largest absolute Gasteiger partial charge is 0.479 e. The summed E-state index contributed by atoms with van der Waals surface area (Å²) in [4.78, 5) is 50.7. The van der Waals surface area contributed by atoms with E-state index >= 15 is 0 Å². The molecular weight excluding hydrogens is 372 g/mol. The van der Waals surface area contributed by atoms with Crippen molar-refractivity contribution in [3.05, 3.63) is 47.7 Å². The Morgan fingerprint density at radius 3 is 2.57 bits per heavy atom. The van der Waals surface area contributed by atoms with Crippen molar-refractivity contribution in [3.63, 3.8) is 0 Å². The summed E-state index contributed by atoms with van der Waals surface area (Å²) < 4.78 is 10.4. The zero-order valence-electron chi connectivity index (χ0n) is 14.8. The number of hydrogen-bond acceptors (Lipinski definition) is 7. The summed E-state index contributed by atoms with van der Waals surface area (Å²) in [5.41, 5.74) is -2.47. The van der Waals surface area contributed by atoms with Gasteiger partial charge in [0, 0.05) is 12.7 Å². The fourth-order valence-corrected chi connectivity index (χ4v) is 3.34. The van der Waals surface area contributed by atoms with E-state index in [0.717, 1.165) is 11.0 Å². The van der Waals surface area contributed by atoms with Gasteiger partial charge >= 0.3 is 5.97 Å². The summed E-state index contributed by atoms with van der Waals surface area (Å²) in [5.74, 6) is -5.71. The van der Waals surface area contributed by atoms with Gasteiger partial charge in [-0.1, -0.05) is 18.2 Å². The highest BCUT2D eigenvalue weighted by Gasteiger charge is 2.72. The van der Waals surface area contributed by atoms with Gasteiger partial charge in [0.05, 0.1) is 13.2 Å². The van der Waals surface area contributed by atoms with Crippen LogP contribution in [0.15, 0.2) is 42.2 Å². The first-order chi connectivity index (χ1) is 13.4. The number of rotatable bonds is 6. The molecule has 1 unspecified atom stereocenters. The van der Waals surface area contributed by atoms with E-state index < -0.39 is 53.7 Å². The molecule has 0 aromatic heterocycles. The van der Waals surface area contributed by atoms with Crippen molar-refractivity contribution in [3.8, 4) is 0 Å². The number of methoxy groups -OCH3 is 1. The van der Waals surface area contributed by atoms with Crippen LogP contribution in [0.4, 0.5) is 0 Å². The lowest BCUT2D eigenvalue weighted by atomic mass is 9.86. The summed E-state index contributed by atoms with van der Waals surface area (Å²) in [7, 11) is 1.37. The third kappa shape index (κ3) is 2.74. The Morgan fingerprint density at radius 1 is 1.32 bits per heavy atom. The van der Waals surface area contributed by atoms with Gasteiger partial charge in [0.1, 0.15) is 11.7 Å². The van der Waals surface area contributed by atoms with Crippen LogP contribution in [0.25, 0.3) is 0 Å². The molecule has 2 fully saturated rings. The third-order valence-corrected chi connectivity index (χ3v) is 4.64. The van der Waals surface area contributed by atoms with Gasteiger partial charge in [-0.25, -0.2) is 4.79 Å². The fourth-order valence-electron chi connectivity index (χ4n) is 3.34. The summed E-state index contributed by atoms with van der Waals surface area (Å²) in [6.45, 7) is -0.666. The summed E-state index contributed by atoms with van der Waals surface area (Å²) in [6.07, 6.45) is -0.0743. The third-order valence-electron chi connectivity index (χ3n) is 4.64. The van der Waals surface area contributed by atoms with Crippen molar-refractivity contribution >= 4 is 23.7 Å². The molecule has 0 spiro atoms. The number of aliphatic hydroxyl groups is 1. The lowest BCUT2D eigenvalue weighted by Crippen LogP contribution is -2.73. The SMILES string of the molecule is COCC1C(=O)N2[C@@H]1O/C(=C\CO)[C@]2(C(=O)O)C(=O)NC(=O)c1ccccc1. The van der Waals surface area contributed by atoms with Crippen molar-refractivity contribution in [2.24, 2.45) is 5.92 Å². The number of aliphatic hydroxyl groups excluding tert-OH is 1. The molecule has 10 heteroatoms. The Labute approximate surface area is 159 Å². The maximum atomic E-state index is 12.9. The molecule has 2 aliphatic rings. The lowest BCUT2D eigenvalue weighted by molar-refractivity contribution is -0.188. The monoisotopic (exact) mass is 390 g/mol. The number of fused-ring (bicyclic) bond motifs is 1. The number of carbonyl (C=O) groups is 4. The summed E-state index contributed by atoms with van der Waals surface area (Å²) in [5, 5.41) is 21.1. The number of hydrogen-bond donors (Lipinski definition) is 3. The molecule has 2 aliphatic heterocycles. The van der Waals surface area contributed by atoms with Crippen LogP contribution in [0, 0.1) is 5.92 Å². The van der Waals surface area contributed by atoms with Crippen LogP contribution in [-0.2, 0) is 23.9 Å². The molecule has 2 heterocycles. The molecule has 10 nitrogen and oxygen atoms in total. The number of amides is 3. The second kappa shape index (κ2) is 7.41. The Kier molecular flexibility index (Phi) is 5.16. The van der Waals surface area contributed by atoms with Crippen LogP contribution in [-0.4, -0.2) is 70.9 Å². The first-order valence-corrected chi connectivity index (χ1v) is 8.34. The average molecular weight is 390 g/mol. The quantitative estimate of drug-likeness (QED) is 0.322. The number of aliphatic carboxylic acids is 1. The topological polar surface area (TPSA) is 142 Å². The van der Waals surface area contributed by atoms with Gasteiger partial charge in [0.2, 0.25) is 5.91 Å². The number of imide groups is 1. The maximum Gasteiger partial charge on any atom is 0.347 e. The lowest BCUT2D eigenvalue weighted by Gasteiger charge is -2.44. The average Bonchev–Trinajstić information content (AvgIpc) is 2.99. The van der Waals surface area contributed by atoms with E-state index in [1.165, 1.54) is 19.2 Å². The predicted molar refractivity (Wildman–Crippen MR) is 91.5 cm³/mol. The van der Waals surface area contributed by atoms with Gasteiger partial charge in [-0.05, 0) is 18.2 Å². The van der Waals surface area contributed by atoms with Gasteiger partial charge in [0.25, 0.3) is 17.4 Å². The number of benzene rings is 1. The number of nitrogens with zero attached hydrogens (tertiary/aromatic N) is 1. The molecule has 1 aromatic carbocycles. The fraction of sp³-hybridized carbons (Fsp3) is 0.333. The minimum absolute atomic E-state index is 0.0351. The molecule has 3 amide bonds. The predicted octanol–water partition coefficient (Wildman–Crippen LogP) is -0.896. The Hall–Kier alpha value is -3.24. The molecule has 148 valence electrons. The van der Waals surface area contributed by atoms with E-state index in [1.54, 1.807) is 18.2 Å². The molecular formula is C18H18N2O8. The van der Waals surface area contributed by atoms with Crippen LogP contribution in [0.2, 0.25) is 0 Å². The van der Waals surface area contributed by atoms with E-state index in [2.05, 4.69) is 0 Å². The van der Waals surface area contributed by atoms with Crippen LogP contribution in [0.3, 0.4) is 0 Å². The van der Waals surface area contributed by atoms with Crippen LogP contribution in [0.5, 0.6) is 0 Å². The number of nitrogens with one attached hydrogen (secondary N) is 1. The van der Waals surface area contributed by atoms with Gasteiger partial charge in [0.15, 0.2) is 6.23 Å². The minimum Gasteiger partial charge on any atom is -0.479 e. The van der Waals surface area contributed by atoms with E-state index in [-0.39, 0.29) is 12.2 Å². The van der Waals surface area contributed by atoms with Crippen molar-refractivity contribution < 1.29 is 38.9 Å². The van der Waals surface area contributed by atoms with Crippen LogP contribution >= 0.6 is 0 Å². The van der Waals surface area contributed by atoms with Gasteiger partial charge in [-0.15, -0.1) is 0 Å². The number of carboxylic acid groups (broad SMARTS) is 1. The van der Waals surface area contributed by atoms with Crippen molar-refractivity contribution in [1.29, 1.82) is 0 Å². The molecule has 3 N–H and O–H groups in total. The second-order valence-corrected chi connectivity index (χ2v) is 6.19. The van der Waals surface area contributed by atoms with E-state index in [4.69, 9.17) is 9.47 Å². The maximum absolute atomic E-state index is 12.9. The number of ether oxygens (including phenoxy) is 2. The first kappa shape index (κ1) is 19.5. The van der Waals surface area contributed by atoms with Gasteiger partial charge in [-0.2, -0.15) is 0 Å². The standard InChI is InChI=1S/C18H18N2O8/c1-27-9-11-14(23)20-15(11)28-12(7-8-21)18(20,17(25)26)16(24)19-13(22)10-5-3-2-4-6-10/h2-7,11,15,21H,8-9H2,1H3,(H,25,26)(H,19,22,24)/b12-7-/t11?,15-,18-/m1/s1. The van der Waals surface area contributed by atoms with Crippen LogP contribution in [0.1, 0.15) is 10.4 Å². The molecule has 0 aliphatic carbocycles. The smallest absolute Gasteiger partial charge is 0.347 e. The number of carbonyl (C=O) groups excluding carboxylic acids is 3. The minimum atomic E-state index is -2.60. The normalized spacial score (nSPS) is 27.0. The zero-order chi connectivity index (χ0) is 20.5. The van der Waals surface area contributed by atoms with Crippen LogP contribution < -0.4 is 5.32 Å². The first-order valence-electron chi connectivity index (χ1n) is 8.34. The highest BCUT2D eigenvalue weighted by atomic mass is 16.5.